The molecule has 0 saturated heterocycles. The van der Waals surface area contributed by atoms with Gasteiger partial charge in [-0.05, 0) is 45.4 Å². The highest BCUT2D eigenvalue weighted by Crippen LogP contribution is 2.30. The lowest BCUT2D eigenvalue weighted by molar-refractivity contribution is 0.229. The topological polar surface area (TPSA) is 42.7 Å². The third kappa shape index (κ3) is 3.56. The zero-order valence-corrected chi connectivity index (χ0v) is 12.8. The van der Waals surface area contributed by atoms with Gasteiger partial charge in [0, 0.05) is 12.6 Å². The van der Waals surface area contributed by atoms with Crippen LogP contribution in [0.3, 0.4) is 0 Å². The predicted molar refractivity (Wildman–Crippen MR) is 77.9 cm³/mol. The van der Waals surface area contributed by atoms with Crippen molar-refractivity contribution >= 4 is 0 Å². The first-order chi connectivity index (χ1) is 9.11. The first-order valence-corrected chi connectivity index (χ1v) is 7.73. The molecule has 0 bridgehead atoms. The van der Waals surface area contributed by atoms with Crippen LogP contribution in [0.15, 0.2) is 0 Å². The Balaban J connectivity index is 1.87. The Bertz CT molecular complexity index is 399. The van der Waals surface area contributed by atoms with Crippen molar-refractivity contribution in [3.8, 4) is 0 Å². The van der Waals surface area contributed by atoms with Crippen molar-refractivity contribution < 1.29 is 0 Å². The van der Waals surface area contributed by atoms with Crippen LogP contribution >= 0.6 is 0 Å². The van der Waals surface area contributed by atoms with Gasteiger partial charge in [0.25, 0.3) is 0 Å². The second kappa shape index (κ2) is 6.51. The Morgan fingerprint density at radius 2 is 2.16 bits per heavy atom. The summed E-state index contributed by atoms with van der Waals surface area (Å²) in [5.41, 5.74) is 0. The van der Waals surface area contributed by atoms with Crippen molar-refractivity contribution in [3.05, 3.63) is 11.6 Å². The molecule has 1 aliphatic carbocycles. The fourth-order valence-electron chi connectivity index (χ4n) is 3.32. The summed E-state index contributed by atoms with van der Waals surface area (Å²) in [6, 6.07) is 0.574. The molecule has 4 heteroatoms. The Labute approximate surface area is 117 Å². The fourth-order valence-corrected chi connectivity index (χ4v) is 3.32. The van der Waals surface area contributed by atoms with Crippen LogP contribution < -0.4 is 5.32 Å². The third-order valence-corrected chi connectivity index (χ3v) is 4.59. The van der Waals surface area contributed by atoms with E-state index in [4.69, 9.17) is 0 Å². The van der Waals surface area contributed by atoms with Crippen LogP contribution in [0.1, 0.15) is 58.1 Å². The maximum atomic E-state index is 4.27. The number of aryl methyl sites for hydroxylation is 1. The van der Waals surface area contributed by atoms with E-state index in [-0.39, 0.29) is 0 Å². The van der Waals surface area contributed by atoms with E-state index in [1.54, 1.807) is 0 Å². The minimum atomic E-state index is 0.574. The second-order valence-corrected chi connectivity index (χ2v) is 6.11. The van der Waals surface area contributed by atoms with E-state index >= 15 is 0 Å². The van der Waals surface area contributed by atoms with E-state index < -0.39 is 0 Å². The SMILES string of the molecule is CCn1c(C)nnc1CN[C@H](C)[C@H]1CCC[C@H](C)C1. The molecular weight excluding hydrogens is 236 g/mol. The summed E-state index contributed by atoms with van der Waals surface area (Å²) in [5.74, 6) is 3.79. The summed E-state index contributed by atoms with van der Waals surface area (Å²) in [4.78, 5) is 0. The van der Waals surface area contributed by atoms with Gasteiger partial charge < -0.3 is 9.88 Å². The maximum Gasteiger partial charge on any atom is 0.146 e. The predicted octanol–water partition coefficient (Wildman–Crippen LogP) is 2.91. The number of hydrogen-bond acceptors (Lipinski definition) is 3. The van der Waals surface area contributed by atoms with Crippen LogP contribution in [0.25, 0.3) is 0 Å². The summed E-state index contributed by atoms with van der Waals surface area (Å²) in [6.45, 7) is 10.7. The van der Waals surface area contributed by atoms with Gasteiger partial charge in [0.05, 0.1) is 6.54 Å². The molecule has 0 aromatic carbocycles. The molecule has 0 amide bonds. The van der Waals surface area contributed by atoms with Crippen molar-refractivity contribution in [3.63, 3.8) is 0 Å². The van der Waals surface area contributed by atoms with Crippen LogP contribution in [0.2, 0.25) is 0 Å². The van der Waals surface area contributed by atoms with Gasteiger partial charge >= 0.3 is 0 Å². The van der Waals surface area contributed by atoms with Crippen LogP contribution in [-0.4, -0.2) is 20.8 Å². The Hall–Kier alpha value is -0.900. The molecule has 0 aliphatic heterocycles. The minimum absolute atomic E-state index is 0.574. The van der Waals surface area contributed by atoms with Gasteiger partial charge in [0.2, 0.25) is 0 Å². The standard InChI is InChI=1S/C15H28N4/c1-5-19-13(4)17-18-15(19)10-16-12(3)14-8-6-7-11(2)9-14/h11-12,14,16H,5-10H2,1-4H3/t11-,12+,14-/m0/s1. The van der Waals surface area contributed by atoms with E-state index in [0.29, 0.717) is 6.04 Å². The lowest BCUT2D eigenvalue weighted by Gasteiger charge is -2.31. The van der Waals surface area contributed by atoms with Gasteiger partial charge in [0.1, 0.15) is 11.6 Å². The molecule has 1 N–H and O–H groups in total. The first-order valence-electron chi connectivity index (χ1n) is 7.73. The van der Waals surface area contributed by atoms with Gasteiger partial charge in [-0.1, -0.05) is 19.8 Å². The molecule has 1 aromatic rings. The van der Waals surface area contributed by atoms with Crippen LogP contribution in [0.5, 0.6) is 0 Å². The van der Waals surface area contributed by atoms with Gasteiger partial charge in [-0.25, -0.2) is 0 Å². The number of aromatic nitrogens is 3. The Kier molecular flexibility index (Phi) is 4.97. The van der Waals surface area contributed by atoms with Crippen molar-refractivity contribution in [2.45, 2.75) is 72.5 Å². The average molecular weight is 264 g/mol. The lowest BCUT2D eigenvalue weighted by Crippen LogP contribution is -2.36. The van der Waals surface area contributed by atoms with Gasteiger partial charge in [-0.3, -0.25) is 0 Å². The molecule has 3 atom stereocenters. The zero-order valence-electron chi connectivity index (χ0n) is 12.8. The summed E-state index contributed by atoms with van der Waals surface area (Å²) in [7, 11) is 0. The van der Waals surface area contributed by atoms with Gasteiger partial charge in [0.15, 0.2) is 0 Å². The molecule has 1 fully saturated rings. The molecule has 1 aliphatic rings. The molecule has 1 aromatic heterocycles. The number of nitrogens with one attached hydrogen (secondary N) is 1. The highest BCUT2D eigenvalue weighted by Gasteiger charge is 2.23. The van der Waals surface area contributed by atoms with E-state index in [2.05, 4.69) is 40.9 Å². The number of nitrogens with zero attached hydrogens (tertiary/aromatic N) is 3. The fraction of sp³-hybridized carbons (Fsp3) is 0.867. The molecule has 19 heavy (non-hydrogen) atoms. The zero-order chi connectivity index (χ0) is 13.8. The maximum absolute atomic E-state index is 4.27. The number of hydrogen-bond donors (Lipinski definition) is 1. The Morgan fingerprint density at radius 1 is 1.37 bits per heavy atom. The highest BCUT2D eigenvalue weighted by molar-refractivity contribution is 4.94. The van der Waals surface area contributed by atoms with Crippen molar-refractivity contribution in [1.29, 1.82) is 0 Å². The molecule has 0 spiro atoms. The molecule has 108 valence electrons. The van der Waals surface area contributed by atoms with Gasteiger partial charge in [-0.15, -0.1) is 10.2 Å². The smallest absolute Gasteiger partial charge is 0.146 e. The normalized spacial score (nSPS) is 25.5. The monoisotopic (exact) mass is 264 g/mol. The highest BCUT2D eigenvalue weighted by atomic mass is 15.3. The molecule has 0 radical (unpaired) electrons. The molecule has 2 rings (SSSR count). The summed E-state index contributed by atoms with van der Waals surface area (Å²) in [5, 5.41) is 12.1. The molecule has 1 saturated carbocycles. The van der Waals surface area contributed by atoms with E-state index in [1.807, 2.05) is 6.92 Å². The van der Waals surface area contributed by atoms with E-state index in [1.165, 1.54) is 25.7 Å². The molecule has 0 unspecified atom stereocenters. The quantitative estimate of drug-likeness (QED) is 0.889. The van der Waals surface area contributed by atoms with Crippen LogP contribution in [0.4, 0.5) is 0 Å². The Morgan fingerprint density at radius 3 is 2.84 bits per heavy atom. The molecular formula is C15H28N4. The van der Waals surface area contributed by atoms with Crippen molar-refractivity contribution in [2.24, 2.45) is 11.8 Å². The third-order valence-electron chi connectivity index (χ3n) is 4.59. The van der Waals surface area contributed by atoms with Crippen LogP contribution in [0, 0.1) is 18.8 Å². The largest absolute Gasteiger partial charge is 0.314 e. The summed E-state index contributed by atoms with van der Waals surface area (Å²) >= 11 is 0. The van der Waals surface area contributed by atoms with Crippen molar-refractivity contribution in [2.75, 3.05) is 0 Å². The lowest BCUT2D eigenvalue weighted by atomic mass is 9.79. The van der Waals surface area contributed by atoms with Gasteiger partial charge in [-0.2, -0.15) is 0 Å². The number of rotatable bonds is 5. The molecule has 1 heterocycles. The minimum Gasteiger partial charge on any atom is -0.314 e. The summed E-state index contributed by atoms with van der Waals surface area (Å²) < 4.78 is 2.18. The first kappa shape index (κ1) is 14.5. The van der Waals surface area contributed by atoms with E-state index in [9.17, 15) is 0 Å². The van der Waals surface area contributed by atoms with E-state index in [0.717, 1.165) is 36.6 Å². The second-order valence-electron chi connectivity index (χ2n) is 6.11. The van der Waals surface area contributed by atoms with Crippen molar-refractivity contribution in [1.82, 2.24) is 20.1 Å². The summed E-state index contributed by atoms with van der Waals surface area (Å²) in [6.07, 6.45) is 5.54. The molecule has 4 nitrogen and oxygen atoms in total. The average Bonchev–Trinajstić information content (AvgIpc) is 2.76. The van der Waals surface area contributed by atoms with Crippen LogP contribution in [-0.2, 0) is 13.1 Å².